The Balaban J connectivity index is 2.91. The summed E-state index contributed by atoms with van der Waals surface area (Å²) in [4.78, 5) is 11.4. The number of carbonyl (C=O) groups excluding carboxylic acids is 1. The molecule has 0 bridgehead atoms. The van der Waals surface area contributed by atoms with Gasteiger partial charge in [-0.15, -0.1) is 0 Å². The van der Waals surface area contributed by atoms with Crippen LogP contribution in [0.5, 0.6) is 0 Å². The van der Waals surface area contributed by atoms with Gasteiger partial charge in [0, 0.05) is 10.6 Å². The van der Waals surface area contributed by atoms with Crippen molar-refractivity contribution in [1.82, 2.24) is 5.32 Å². The van der Waals surface area contributed by atoms with E-state index in [4.69, 9.17) is 17.3 Å². The fraction of sp³-hybridized carbons (Fsp3) is 0.111. The molecule has 3 N–H and O–H groups in total. The molecule has 1 aromatic rings. The van der Waals surface area contributed by atoms with Gasteiger partial charge in [0.1, 0.15) is 0 Å². The molecule has 0 saturated heterocycles. The molecule has 74 valence electrons. The van der Waals surface area contributed by atoms with E-state index in [0.717, 1.165) is 5.56 Å². The monoisotopic (exact) mass is 228 g/mol. The predicted molar refractivity (Wildman–Crippen MR) is 60.4 cm³/mol. The maximum Gasteiger partial charge on any atom is 0.257 e. The van der Waals surface area contributed by atoms with Gasteiger partial charge >= 0.3 is 0 Å². The SMILES string of the molecule is Cc1ccc(C(=O)NC(N)=S)cc1Cl. The molecule has 0 aliphatic rings. The van der Waals surface area contributed by atoms with Crippen molar-refractivity contribution in [2.75, 3.05) is 0 Å². The van der Waals surface area contributed by atoms with Crippen molar-refractivity contribution in [3.05, 3.63) is 34.3 Å². The highest BCUT2D eigenvalue weighted by Crippen LogP contribution is 2.16. The number of nitrogens with two attached hydrogens (primary N) is 1. The van der Waals surface area contributed by atoms with E-state index in [-0.39, 0.29) is 11.0 Å². The highest BCUT2D eigenvalue weighted by molar-refractivity contribution is 7.80. The second-order valence-corrected chi connectivity index (χ2v) is 3.63. The first-order chi connectivity index (χ1) is 6.50. The molecule has 0 unspecified atom stereocenters. The van der Waals surface area contributed by atoms with Gasteiger partial charge in [-0.1, -0.05) is 17.7 Å². The molecule has 1 rings (SSSR count). The Bertz CT molecular complexity index is 392. The normalized spacial score (nSPS) is 9.57. The largest absolute Gasteiger partial charge is 0.376 e. The second-order valence-electron chi connectivity index (χ2n) is 2.78. The van der Waals surface area contributed by atoms with Crippen molar-refractivity contribution in [2.24, 2.45) is 5.73 Å². The van der Waals surface area contributed by atoms with Gasteiger partial charge in [0.2, 0.25) is 0 Å². The smallest absolute Gasteiger partial charge is 0.257 e. The first-order valence-electron chi connectivity index (χ1n) is 3.87. The molecule has 0 saturated carbocycles. The summed E-state index contributed by atoms with van der Waals surface area (Å²) in [6, 6.07) is 5.00. The van der Waals surface area contributed by atoms with Gasteiger partial charge in [-0.2, -0.15) is 0 Å². The fourth-order valence-electron chi connectivity index (χ4n) is 0.918. The van der Waals surface area contributed by atoms with E-state index in [1.807, 2.05) is 6.92 Å². The van der Waals surface area contributed by atoms with E-state index in [0.29, 0.717) is 10.6 Å². The van der Waals surface area contributed by atoms with Crippen molar-refractivity contribution in [3.8, 4) is 0 Å². The number of carbonyl (C=O) groups is 1. The lowest BCUT2D eigenvalue weighted by Gasteiger charge is -2.04. The lowest BCUT2D eigenvalue weighted by atomic mass is 10.1. The molecular formula is C9H9ClN2OS. The number of halogens is 1. The van der Waals surface area contributed by atoms with Gasteiger partial charge < -0.3 is 5.73 Å². The zero-order chi connectivity index (χ0) is 10.7. The molecule has 0 spiro atoms. The number of nitrogens with one attached hydrogen (secondary N) is 1. The summed E-state index contributed by atoms with van der Waals surface area (Å²) in [5.41, 5.74) is 6.52. The van der Waals surface area contributed by atoms with Crippen LogP contribution in [0.25, 0.3) is 0 Å². The minimum atomic E-state index is -0.348. The molecule has 0 radical (unpaired) electrons. The molecule has 1 aromatic carbocycles. The number of benzene rings is 1. The zero-order valence-corrected chi connectivity index (χ0v) is 9.08. The molecule has 1 amide bonds. The molecule has 3 nitrogen and oxygen atoms in total. The van der Waals surface area contributed by atoms with E-state index < -0.39 is 0 Å². The number of aryl methyl sites for hydroxylation is 1. The third-order valence-corrected chi connectivity index (χ3v) is 2.18. The predicted octanol–water partition coefficient (Wildman–Crippen LogP) is 1.62. The molecule has 0 fully saturated rings. The second kappa shape index (κ2) is 4.39. The molecule has 0 aliphatic carbocycles. The quantitative estimate of drug-likeness (QED) is 0.719. The van der Waals surface area contributed by atoms with Crippen LogP contribution in [0.3, 0.4) is 0 Å². The Kier molecular flexibility index (Phi) is 3.43. The number of thiocarbonyl (C=S) groups is 1. The van der Waals surface area contributed by atoms with Crippen molar-refractivity contribution in [1.29, 1.82) is 0 Å². The van der Waals surface area contributed by atoms with E-state index >= 15 is 0 Å². The van der Waals surface area contributed by atoms with Crippen molar-refractivity contribution in [2.45, 2.75) is 6.92 Å². The Morgan fingerprint density at radius 2 is 2.21 bits per heavy atom. The van der Waals surface area contributed by atoms with Crippen LogP contribution in [-0.4, -0.2) is 11.0 Å². The first-order valence-corrected chi connectivity index (χ1v) is 4.66. The van der Waals surface area contributed by atoms with Crippen LogP contribution in [0.15, 0.2) is 18.2 Å². The topological polar surface area (TPSA) is 55.1 Å². The summed E-state index contributed by atoms with van der Waals surface area (Å²) in [7, 11) is 0. The number of hydrogen-bond donors (Lipinski definition) is 2. The van der Waals surface area contributed by atoms with Crippen molar-refractivity contribution in [3.63, 3.8) is 0 Å². The minimum Gasteiger partial charge on any atom is -0.376 e. The van der Waals surface area contributed by atoms with Crippen LogP contribution in [0, 0.1) is 6.92 Å². The van der Waals surface area contributed by atoms with E-state index in [9.17, 15) is 4.79 Å². The lowest BCUT2D eigenvalue weighted by molar-refractivity contribution is 0.0977. The molecule has 5 heteroatoms. The molecule has 0 aliphatic heterocycles. The average Bonchev–Trinajstić information content (AvgIpc) is 2.08. The highest BCUT2D eigenvalue weighted by Gasteiger charge is 2.07. The Morgan fingerprint density at radius 3 is 2.71 bits per heavy atom. The minimum absolute atomic E-state index is 0.0494. The van der Waals surface area contributed by atoms with E-state index in [2.05, 4.69) is 17.5 Å². The summed E-state index contributed by atoms with van der Waals surface area (Å²) >= 11 is 10.4. The van der Waals surface area contributed by atoms with E-state index in [1.54, 1.807) is 18.2 Å². The third kappa shape index (κ3) is 2.68. The number of hydrogen-bond acceptors (Lipinski definition) is 2. The van der Waals surface area contributed by atoms with Crippen LogP contribution in [0.4, 0.5) is 0 Å². The highest BCUT2D eigenvalue weighted by atomic mass is 35.5. The van der Waals surface area contributed by atoms with Crippen LogP contribution in [-0.2, 0) is 0 Å². The Hall–Kier alpha value is -1.13. The fourth-order valence-corrected chi connectivity index (χ4v) is 1.19. The van der Waals surface area contributed by atoms with Gasteiger partial charge in [0.15, 0.2) is 5.11 Å². The van der Waals surface area contributed by atoms with Crippen molar-refractivity contribution >= 4 is 34.8 Å². The maximum absolute atomic E-state index is 11.4. The van der Waals surface area contributed by atoms with Crippen LogP contribution < -0.4 is 11.1 Å². The van der Waals surface area contributed by atoms with Gasteiger partial charge in [0.05, 0.1) is 0 Å². The number of rotatable bonds is 1. The molecule has 0 aromatic heterocycles. The summed E-state index contributed by atoms with van der Waals surface area (Å²) in [5, 5.41) is 2.81. The van der Waals surface area contributed by atoms with Gasteiger partial charge in [-0.05, 0) is 36.8 Å². The van der Waals surface area contributed by atoms with Crippen LogP contribution in [0.2, 0.25) is 5.02 Å². The number of amides is 1. The summed E-state index contributed by atoms with van der Waals surface area (Å²) < 4.78 is 0. The molecular weight excluding hydrogens is 220 g/mol. The van der Waals surface area contributed by atoms with Crippen LogP contribution >= 0.6 is 23.8 Å². The average molecular weight is 229 g/mol. The zero-order valence-electron chi connectivity index (χ0n) is 7.50. The third-order valence-electron chi connectivity index (χ3n) is 1.67. The first kappa shape index (κ1) is 10.9. The van der Waals surface area contributed by atoms with Crippen molar-refractivity contribution < 1.29 is 4.79 Å². The van der Waals surface area contributed by atoms with Gasteiger partial charge in [0.25, 0.3) is 5.91 Å². The molecule has 0 heterocycles. The standard InChI is InChI=1S/C9H9ClN2OS/c1-5-2-3-6(4-7(5)10)8(13)12-9(11)14/h2-4H,1H3,(H3,11,12,13,14). The summed E-state index contributed by atoms with van der Waals surface area (Å²) in [6.07, 6.45) is 0. The molecule has 14 heavy (non-hydrogen) atoms. The van der Waals surface area contributed by atoms with E-state index in [1.165, 1.54) is 0 Å². The van der Waals surface area contributed by atoms with Gasteiger partial charge in [-0.3, -0.25) is 10.1 Å². The summed E-state index contributed by atoms with van der Waals surface area (Å²) in [5.74, 6) is -0.348. The van der Waals surface area contributed by atoms with Crippen LogP contribution in [0.1, 0.15) is 15.9 Å². The maximum atomic E-state index is 11.4. The summed E-state index contributed by atoms with van der Waals surface area (Å²) in [6.45, 7) is 1.86. The molecule has 0 atom stereocenters. The lowest BCUT2D eigenvalue weighted by Crippen LogP contribution is -2.34. The Labute approximate surface area is 92.2 Å². The Morgan fingerprint density at radius 1 is 1.57 bits per heavy atom. The van der Waals surface area contributed by atoms with Gasteiger partial charge in [-0.25, -0.2) is 0 Å².